The van der Waals surface area contributed by atoms with Crippen LogP contribution >= 0.6 is 0 Å². The Morgan fingerprint density at radius 2 is 1.79 bits per heavy atom. The molecule has 0 aromatic heterocycles. The van der Waals surface area contributed by atoms with E-state index in [2.05, 4.69) is 4.74 Å². The third-order valence-corrected chi connectivity index (χ3v) is 1.49. The summed E-state index contributed by atoms with van der Waals surface area (Å²) in [6.45, 7) is 1.63. The van der Waals surface area contributed by atoms with Crippen molar-refractivity contribution < 1.29 is 22.7 Å². The molecule has 0 aliphatic heterocycles. The zero-order valence-corrected chi connectivity index (χ0v) is 7.31. The zero-order valence-electron chi connectivity index (χ0n) is 7.31. The summed E-state index contributed by atoms with van der Waals surface area (Å²) in [7, 11) is 0. The van der Waals surface area contributed by atoms with Crippen LogP contribution in [0.2, 0.25) is 0 Å². The van der Waals surface area contributed by atoms with E-state index in [0.29, 0.717) is 12.1 Å². The molecule has 0 aliphatic carbocycles. The highest BCUT2D eigenvalue weighted by molar-refractivity contribution is 5.89. The van der Waals surface area contributed by atoms with Gasteiger partial charge < -0.3 is 4.74 Å². The molecule has 0 heterocycles. The largest absolute Gasteiger partial charge is 0.462 e. The molecule has 76 valence electrons. The van der Waals surface area contributed by atoms with Crippen molar-refractivity contribution in [3.05, 3.63) is 35.1 Å². The summed E-state index contributed by atoms with van der Waals surface area (Å²) in [6.07, 6.45) is 0. The number of ether oxygens (including phenoxy) is 1. The van der Waals surface area contributed by atoms with Gasteiger partial charge in [-0.2, -0.15) is 0 Å². The molecule has 1 aromatic carbocycles. The molecule has 0 atom stereocenters. The molecule has 0 unspecified atom stereocenters. The highest BCUT2D eigenvalue weighted by Crippen LogP contribution is 2.14. The van der Waals surface area contributed by atoms with Crippen LogP contribution < -0.4 is 0 Å². The van der Waals surface area contributed by atoms with Crippen LogP contribution in [0.4, 0.5) is 13.2 Å². The van der Waals surface area contributed by atoms with E-state index in [1.807, 2.05) is 0 Å². The lowest BCUT2D eigenvalue weighted by Crippen LogP contribution is -2.06. The van der Waals surface area contributed by atoms with E-state index >= 15 is 0 Å². The van der Waals surface area contributed by atoms with Gasteiger partial charge in [0.25, 0.3) is 0 Å². The van der Waals surface area contributed by atoms with E-state index in [1.165, 1.54) is 0 Å². The molecule has 1 rings (SSSR count). The summed E-state index contributed by atoms with van der Waals surface area (Å²) < 4.78 is 42.2. The first kappa shape index (κ1) is 10.6. The van der Waals surface area contributed by atoms with Crippen LogP contribution in [-0.4, -0.2) is 12.6 Å². The molecular weight excluding hydrogens is 197 g/mol. The molecule has 0 radical (unpaired) electrons. The average Bonchev–Trinajstić information content (AvgIpc) is 2.13. The smallest absolute Gasteiger partial charge is 0.338 e. The SMILES string of the molecule is CCOC(=O)c1cc(F)c(F)c(F)c1. The van der Waals surface area contributed by atoms with Gasteiger partial charge in [0.05, 0.1) is 12.2 Å². The summed E-state index contributed by atoms with van der Waals surface area (Å²) >= 11 is 0. The molecule has 2 nitrogen and oxygen atoms in total. The Morgan fingerprint density at radius 3 is 2.21 bits per heavy atom. The maximum Gasteiger partial charge on any atom is 0.338 e. The molecule has 0 saturated carbocycles. The second kappa shape index (κ2) is 4.13. The van der Waals surface area contributed by atoms with E-state index in [4.69, 9.17) is 0 Å². The number of carbonyl (C=O) groups is 1. The number of carbonyl (C=O) groups excluding carboxylic acids is 1. The van der Waals surface area contributed by atoms with Crippen molar-refractivity contribution in [2.24, 2.45) is 0 Å². The van der Waals surface area contributed by atoms with Crippen molar-refractivity contribution in [1.29, 1.82) is 0 Å². The van der Waals surface area contributed by atoms with Gasteiger partial charge in [0, 0.05) is 0 Å². The minimum absolute atomic E-state index is 0.0828. The second-order valence-corrected chi connectivity index (χ2v) is 2.47. The number of hydrogen-bond donors (Lipinski definition) is 0. The Bertz CT molecular complexity index is 340. The van der Waals surface area contributed by atoms with Crippen LogP contribution in [0.3, 0.4) is 0 Å². The fraction of sp³-hybridized carbons (Fsp3) is 0.222. The molecule has 14 heavy (non-hydrogen) atoms. The predicted molar refractivity (Wildman–Crippen MR) is 42.3 cm³/mol. The van der Waals surface area contributed by atoms with Gasteiger partial charge in [0.15, 0.2) is 17.5 Å². The molecule has 0 fully saturated rings. The van der Waals surface area contributed by atoms with Crippen molar-refractivity contribution >= 4 is 5.97 Å². The lowest BCUT2D eigenvalue weighted by atomic mass is 10.2. The Hall–Kier alpha value is -1.52. The first-order chi connectivity index (χ1) is 6.56. The summed E-state index contributed by atoms with van der Waals surface area (Å²) in [5.74, 6) is -5.30. The maximum atomic E-state index is 12.6. The van der Waals surface area contributed by atoms with Crippen LogP contribution in [0.15, 0.2) is 12.1 Å². The van der Waals surface area contributed by atoms with Crippen LogP contribution in [0.25, 0.3) is 0 Å². The molecule has 0 bridgehead atoms. The quantitative estimate of drug-likeness (QED) is 0.545. The third-order valence-electron chi connectivity index (χ3n) is 1.49. The van der Waals surface area contributed by atoms with Crippen LogP contribution in [0, 0.1) is 17.5 Å². The van der Waals surface area contributed by atoms with Crippen molar-refractivity contribution in [2.75, 3.05) is 6.61 Å². The van der Waals surface area contributed by atoms with Crippen molar-refractivity contribution in [3.63, 3.8) is 0 Å². The molecule has 0 saturated heterocycles. The third kappa shape index (κ3) is 2.04. The van der Waals surface area contributed by atoms with E-state index < -0.39 is 23.4 Å². The Morgan fingerprint density at radius 1 is 1.29 bits per heavy atom. The Balaban J connectivity index is 3.06. The molecule has 0 aliphatic rings. The van der Waals surface area contributed by atoms with Gasteiger partial charge in [-0.15, -0.1) is 0 Å². The fourth-order valence-corrected chi connectivity index (χ4v) is 0.888. The maximum absolute atomic E-state index is 12.6. The first-order valence-electron chi connectivity index (χ1n) is 3.88. The van der Waals surface area contributed by atoms with Gasteiger partial charge in [-0.3, -0.25) is 0 Å². The zero-order chi connectivity index (χ0) is 10.7. The van der Waals surface area contributed by atoms with E-state index in [1.54, 1.807) is 6.92 Å². The molecule has 0 spiro atoms. The van der Waals surface area contributed by atoms with Crippen molar-refractivity contribution in [3.8, 4) is 0 Å². The van der Waals surface area contributed by atoms with Gasteiger partial charge in [0.2, 0.25) is 0 Å². The van der Waals surface area contributed by atoms with Gasteiger partial charge in [-0.1, -0.05) is 0 Å². The van der Waals surface area contributed by atoms with E-state index in [-0.39, 0.29) is 12.2 Å². The van der Waals surface area contributed by atoms with Gasteiger partial charge in [0.1, 0.15) is 0 Å². The first-order valence-corrected chi connectivity index (χ1v) is 3.88. The van der Waals surface area contributed by atoms with Crippen molar-refractivity contribution in [1.82, 2.24) is 0 Å². The number of hydrogen-bond acceptors (Lipinski definition) is 2. The summed E-state index contributed by atoms with van der Waals surface area (Å²) in [6, 6.07) is 1.19. The molecular formula is C9H7F3O2. The van der Waals surface area contributed by atoms with Crippen molar-refractivity contribution in [2.45, 2.75) is 6.92 Å². The number of benzene rings is 1. The standard InChI is InChI=1S/C9H7F3O2/c1-2-14-9(13)5-3-6(10)8(12)7(11)4-5/h3-4H,2H2,1H3. The number of halogens is 3. The Kier molecular flexibility index (Phi) is 3.11. The molecule has 0 amide bonds. The monoisotopic (exact) mass is 204 g/mol. The Labute approximate surface area is 78.3 Å². The van der Waals surface area contributed by atoms with E-state index in [0.717, 1.165) is 0 Å². The topological polar surface area (TPSA) is 26.3 Å². The fourth-order valence-electron chi connectivity index (χ4n) is 0.888. The average molecular weight is 204 g/mol. The highest BCUT2D eigenvalue weighted by Gasteiger charge is 2.15. The van der Waals surface area contributed by atoms with E-state index in [9.17, 15) is 18.0 Å². The lowest BCUT2D eigenvalue weighted by Gasteiger charge is -2.02. The predicted octanol–water partition coefficient (Wildman–Crippen LogP) is 2.28. The van der Waals surface area contributed by atoms with Crippen LogP contribution in [0.1, 0.15) is 17.3 Å². The minimum Gasteiger partial charge on any atom is -0.462 e. The number of rotatable bonds is 2. The second-order valence-electron chi connectivity index (χ2n) is 2.47. The lowest BCUT2D eigenvalue weighted by molar-refractivity contribution is 0.0525. The van der Waals surface area contributed by atoms with Gasteiger partial charge in [-0.05, 0) is 19.1 Å². The molecule has 0 N–H and O–H groups in total. The number of esters is 1. The van der Waals surface area contributed by atoms with Gasteiger partial charge >= 0.3 is 5.97 Å². The van der Waals surface area contributed by atoms with Crippen LogP contribution in [0.5, 0.6) is 0 Å². The molecule has 5 heteroatoms. The molecule has 1 aromatic rings. The summed E-state index contributed by atoms with van der Waals surface area (Å²) in [5.41, 5.74) is -0.344. The highest BCUT2D eigenvalue weighted by atomic mass is 19.2. The van der Waals surface area contributed by atoms with Gasteiger partial charge in [-0.25, -0.2) is 18.0 Å². The normalized spacial score (nSPS) is 10.0. The minimum atomic E-state index is -1.60. The summed E-state index contributed by atoms with van der Waals surface area (Å²) in [5, 5.41) is 0. The van der Waals surface area contributed by atoms with Crippen LogP contribution in [-0.2, 0) is 4.74 Å². The summed E-state index contributed by atoms with van der Waals surface area (Å²) in [4.78, 5) is 11.0.